The highest BCUT2D eigenvalue weighted by atomic mass is 32.1. The van der Waals surface area contributed by atoms with Crippen molar-refractivity contribution in [2.24, 2.45) is 5.73 Å². The first-order valence-corrected chi connectivity index (χ1v) is 11.0. The lowest BCUT2D eigenvalue weighted by atomic mass is 10.0. The van der Waals surface area contributed by atoms with Crippen molar-refractivity contribution in [2.75, 3.05) is 11.9 Å². The number of thiophene rings is 1. The fourth-order valence-electron chi connectivity index (χ4n) is 3.79. The van der Waals surface area contributed by atoms with E-state index in [4.69, 9.17) is 10.5 Å². The normalized spacial score (nSPS) is 12.7. The smallest absolute Gasteiger partial charge is 0.339 e. The van der Waals surface area contributed by atoms with E-state index >= 15 is 0 Å². The molecule has 0 aliphatic heterocycles. The lowest BCUT2D eigenvalue weighted by molar-refractivity contribution is -0.119. The number of esters is 1. The van der Waals surface area contributed by atoms with Gasteiger partial charge in [0.1, 0.15) is 5.00 Å². The summed E-state index contributed by atoms with van der Waals surface area (Å²) in [6.45, 7) is 3.52. The number of aryl methyl sites for hydroxylation is 1. The molecule has 3 N–H and O–H groups in total. The molecule has 31 heavy (non-hydrogen) atoms. The van der Waals surface area contributed by atoms with Crippen LogP contribution in [0.3, 0.4) is 0 Å². The van der Waals surface area contributed by atoms with Crippen molar-refractivity contribution in [2.45, 2.75) is 39.0 Å². The van der Waals surface area contributed by atoms with Crippen LogP contribution in [0.4, 0.5) is 5.00 Å². The first-order valence-electron chi connectivity index (χ1n) is 10.2. The summed E-state index contributed by atoms with van der Waals surface area (Å²) in [5.74, 6) is -1.54. The number of anilines is 1. The number of para-hydroxylation sites is 1. The average Bonchev–Trinajstić information content (AvgIpc) is 3.31. The van der Waals surface area contributed by atoms with Gasteiger partial charge >= 0.3 is 5.97 Å². The number of fused-ring (bicyclic) bond motifs is 2. The van der Waals surface area contributed by atoms with Crippen molar-refractivity contribution < 1.29 is 19.1 Å². The Hall–Kier alpha value is -3.26. The third kappa shape index (κ3) is 4.16. The van der Waals surface area contributed by atoms with E-state index in [2.05, 4.69) is 10.3 Å². The van der Waals surface area contributed by atoms with Gasteiger partial charge in [0.15, 0.2) is 6.61 Å². The molecule has 0 unspecified atom stereocenters. The van der Waals surface area contributed by atoms with Crippen LogP contribution in [0.15, 0.2) is 30.3 Å². The van der Waals surface area contributed by atoms with Crippen LogP contribution in [0.2, 0.25) is 0 Å². The Labute approximate surface area is 183 Å². The summed E-state index contributed by atoms with van der Waals surface area (Å²) in [6.07, 6.45) is 2.63. The molecule has 1 aliphatic carbocycles. The van der Waals surface area contributed by atoms with E-state index in [9.17, 15) is 14.4 Å². The van der Waals surface area contributed by atoms with Crippen molar-refractivity contribution in [3.05, 3.63) is 57.6 Å². The number of carbonyl (C=O) groups excluding carboxylic acids is 3. The molecule has 0 spiro atoms. The van der Waals surface area contributed by atoms with Crippen LogP contribution < -0.4 is 11.1 Å². The van der Waals surface area contributed by atoms with Gasteiger partial charge in [-0.05, 0) is 42.9 Å². The van der Waals surface area contributed by atoms with Crippen LogP contribution >= 0.6 is 11.3 Å². The first-order chi connectivity index (χ1) is 14.8. The van der Waals surface area contributed by atoms with Crippen LogP contribution in [-0.2, 0) is 22.4 Å². The molecule has 160 valence electrons. The number of pyridine rings is 1. The predicted octanol–water partition coefficient (Wildman–Crippen LogP) is 3.80. The van der Waals surface area contributed by atoms with E-state index in [0.717, 1.165) is 35.4 Å². The van der Waals surface area contributed by atoms with Gasteiger partial charge in [-0.2, -0.15) is 0 Å². The number of amides is 2. The molecular weight excluding hydrogens is 414 g/mol. The minimum Gasteiger partial charge on any atom is -0.452 e. The Bertz CT molecular complexity index is 1200. The number of nitrogens with two attached hydrogens (primary N) is 1. The summed E-state index contributed by atoms with van der Waals surface area (Å²) < 4.78 is 5.29. The summed E-state index contributed by atoms with van der Waals surface area (Å²) in [6, 6.07) is 9.03. The summed E-state index contributed by atoms with van der Waals surface area (Å²) >= 11 is 1.36. The highest BCUT2D eigenvalue weighted by Gasteiger charge is 2.26. The van der Waals surface area contributed by atoms with Crippen LogP contribution in [0.25, 0.3) is 10.9 Å². The molecule has 0 bridgehead atoms. The molecular formula is C23H23N3O4S. The third-order valence-electron chi connectivity index (χ3n) is 5.30. The van der Waals surface area contributed by atoms with Crippen LogP contribution in [-0.4, -0.2) is 29.4 Å². The maximum Gasteiger partial charge on any atom is 0.339 e. The van der Waals surface area contributed by atoms with E-state index < -0.39 is 24.4 Å². The Kier molecular flexibility index (Phi) is 5.73. The monoisotopic (exact) mass is 437 g/mol. The van der Waals surface area contributed by atoms with Crippen molar-refractivity contribution >= 4 is 45.0 Å². The number of nitrogens with zero attached hydrogens (tertiary/aromatic N) is 1. The molecule has 0 atom stereocenters. The number of nitrogens with one attached hydrogen (secondary N) is 1. The van der Waals surface area contributed by atoms with E-state index in [-0.39, 0.29) is 5.92 Å². The van der Waals surface area contributed by atoms with Gasteiger partial charge in [-0.1, -0.05) is 32.0 Å². The van der Waals surface area contributed by atoms with Gasteiger partial charge in [-0.25, -0.2) is 4.79 Å². The molecule has 0 saturated heterocycles. The maximum absolute atomic E-state index is 12.8. The van der Waals surface area contributed by atoms with Crippen molar-refractivity contribution in [3.8, 4) is 0 Å². The second-order valence-electron chi connectivity index (χ2n) is 7.82. The van der Waals surface area contributed by atoms with E-state index in [1.54, 1.807) is 12.1 Å². The van der Waals surface area contributed by atoms with Gasteiger partial charge in [0.2, 0.25) is 0 Å². The highest BCUT2D eigenvalue weighted by Crippen LogP contribution is 2.38. The zero-order valence-electron chi connectivity index (χ0n) is 17.4. The summed E-state index contributed by atoms with van der Waals surface area (Å²) in [7, 11) is 0. The molecule has 4 rings (SSSR count). The fraction of sp³-hybridized carbons (Fsp3) is 0.304. The molecule has 0 fully saturated rings. The Morgan fingerprint density at radius 3 is 2.74 bits per heavy atom. The standard InChI is InChI=1S/C23H23N3O4S/c1-12(2)17-10-15(13-6-3-4-8-16(13)25-17)23(29)30-11-19(27)26-22-20(21(24)28)14-7-5-9-18(14)31-22/h3-4,6,8,10,12H,5,7,9,11H2,1-2H3,(H2,24,28)(H,26,27). The molecule has 1 aliphatic rings. The van der Waals surface area contributed by atoms with E-state index in [0.29, 0.717) is 27.0 Å². The number of hydrogen-bond donors (Lipinski definition) is 2. The SMILES string of the molecule is CC(C)c1cc(C(=O)OCC(=O)Nc2sc3c(c2C(N)=O)CCC3)c2ccccc2n1. The number of benzene rings is 1. The second kappa shape index (κ2) is 8.47. The van der Waals surface area contributed by atoms with Gasteiger partial charge in [0, 0.05) is 16.0 Å². The number of aromatic nitrogens is 1. The van der Waals surface area contributed by atoms with Crippen molar-refractivity contribution in [3.63, 3.8) is 0 Å². The fourth-order valence-corrected chi connectivity index (χ4v) is 5.10. The predicted molar refractivity (Wildman–Crippen MR) is 120 cm³/mol. The summed E-state index contributed by atoms with van der Waals surface area (Å²) in [5, 5.41) is 3.78. The minimum atomic E-state index is -0.598. The van der Waals surface area contributed by atoms with Gasteiger partial charge in [0.25, 0.3) is 11.8 Å². The molecule has 2 aromatic heterocycles. The lowest BCUT2D eigenvalue weighted by Gasteiger charge is -2.12. The Morgan fingerprint density at radius 1 is 1.23 bits per heavy atom. The first kappa shape index (κ1) is 21.0. The largest absolute Gasteiger partial charge is 0.452 e. The molecule has 0 radical (unpaired) electrons. The molecule has 2 amide bonds. The molecule has 3 aromatic rings. The van der Waals surface area contributed by atoms with Crippen LogP contribution in [0, 0.1) is 0 Å². The van der Waals surface area contributed by atoms with Gasteiger partial charge < -0.3 is 15.8 Å². The maximum atomic E-state index is 12.8. The Balaban J connectivity index is 1.50. The molecule has 0 saturated carbocycles. The Morgan fingerprint density at radius 2 is 2.00 bits per heavy atom. The van der Waals surface area contributed by atoms with Crippen molar-refractivity contribution in [1.29, 1.82) is 0 Å². The number of hydrogen-bond acceptors (Lipinski definition) is 6. The number of primary amides is 1. The summed E-state index contributed by atoms with van der Waals surface area (Å²) in [4.78, 5) is 42.8. The number of rotatable bonds is 6. The minimum absolute atomic E-state index is 0.132. The van der Waals surface area contributed by atoms with Crippen LogP contribution in [0.5, 0.6) is 0 Å². The third-order valence-corrected chi connectivity index (χ3v) is 6.51. The highest BCUT2D eigenvalue weighted by molar-refractivity contribution is 7.17. The number of ether oxygens (including phenoxy) is 1. The van der Waals surface area contributed by atoms with E-state index in [1.165, 1.54) is 11.3 Å². The second-order valence-corrected chi connectivity index (χ2v) is 8.92. The van der Waals surface area contributed by atoms with Crippen molar-refractivity contribution in [1.82, 2.24) is 4.98 Å². The molecule has 1 aromatic carbocycles. The van der Waals surface area contributed by atoms with Gasteiger partial charge in [-0.3, -0.25) is 14.6 Å². The van der Waals surface area contributed by atoms with Gasteiger partial charge in [0.05, 0.1) is 16.6 Å². The zero-order chi connectivity index (χ0) is 22.1. The number of carbonyl (C=O) groups is 3. The average molecular weight is 438 g/mol. The topological polar surface area (TPSA) is 111 Å². The molecule has 7 nitrogen and oxygen atoms in total. The van der Waals surface area contributed by atoms with Gasteiger partial charge in [-0.15, -0.1) is 11.3 Å². The zero-order valence-corrected chi connectivity index (χ0v) is 18.2. The van der Waals surface area contributed by atoms with Crippen LogP contribution in [0.1, 0.15) is 63.0 Å². The molecule has 8 heteroatoms. The van der Waals surface area contributed by atoms with E-state index in [1.807, 2.05) is 32.0 Å². The quantitative estimate of drug-likeness (QED) is 0.570. The molecule has 2 heterocycles. The summed E-state index contributed by atoms with van der Waals surface area (Å²) in [5.41, 5.74) is 8.66. The lowest BCUT2D eigenvalue weighted by Crippen LogP contribution is -2.23.